The van der Waals surface area contributed by atoms with Crippen LogP contribution in [0.1, 0.15) is 25.8 Å². The Morgan fingerprint density at radius 2 is 1.71 bits per heavy atom. The van der Waals surface area contributed by atoms with Crippen molar-refractivity contribution in [3.63, 3.8) is 0 Å². The highest BCUT2D eigenvalue weighted by Crippen LogP contribution is 2.29. The van der Waals surface area contributed by atoms with Crippen LogP contribution in [0.25, 0.3) is 0 Å². The van der Waals surface area contributed by atoms with E-state index in [2.05, 4.69) is 10.6 Å². The fourth-order valence-electron chi connectivity index (χ4n) is 3.27. The highest BCUT2D eigenvalue weighted by atomic mass is 19.4. The van der Waals surface area contributed by atoms with Crippen molar-refractivity contribution < 1.29 is 32.6 Å². The van der Waals surface area contributed by atoms with Gasteiger partial charge in [-0.15, -0.1) is 0 Å². The Bertz CT molecular complexity index is 656. The molecule has 6 nitrogen and oxygen atoms in total. The predicted octanol–water partition coefficient (Wildman–Crippen LogP) is -0.658. The molecule has 0 aliphatic carbocycles. The number of nitrogens with one attached hydrogen (secondary N) is 4. The normalized spacial score (nSPS) is 21.0. The largest absolute Gasteiger partial charge is 0.416 e. The van der Waals surface area contributed by atoms with Crippen molar-refractivity contribution in [2.75, 3.05) is 44.6 Å². The van der Waals surface area contributed by atoms with Gasteiger partial charge in [0.05, 0.1) is 5.56 Å². The van der Waals surface area contributed by atoms with Crippen LogP contribution >= 0.6 is 0 Å². The van der Waals surface area contributed by atoms with E-state index in [0.717, 1.165) is 49.6 Å². The van der Waals surface area contributed by atoms with Gasteiger partial charge in [-0.25, -0.2) is 0 Å². The van der Waals surface area contributed by atoms with Gasteiger partial charge in [-0.3, -0.25) is 9.59 Å². The molecule has 1 saturated heterocycles. The van der Waals surface area contributed by atoms with Crippen molar-refractivity contribution in [3.05, 3.63) is 29.8 Å². The molecule has 28 heavy (non-hydrogen) atoms. The van der Waals surface area contributed by atoms with E-state index in [9.17, 15) is 22.8 Å². The minimum absolute atomic E-state index is 0.0494. The molecular weight excluding hydrogens is 373 g/mol. The number of benzene rings is 1. The van der Waals surface area contributed by atoms with Gasteiger partial charge in [-0.2, -0.15) is 13.2 Å². The number of halogens is 3. The summed E-state index contributed by atoms with van der Waals surface area (Å²) in [5.41, 5.74) is -0.396. The molecule has 0 unspecified atom stereocenters. The average Bonchev–Trinajstić information content (AvgIpc) is 2.66. The van der Waals surface area contributed by atoms with Crippen molar-refractivity contribution >= 4 is 17.5 Å². The summed E-state index contributed by atoms with van der Waals surface area (Å²) in [6, 6.07) is 4.12. The van der Waals surface area contributed by atoms with Crippen LogP contribution < -0.4 is 20.4 Å². The molecule has 0 spiro atoms. The molecule has 2 amide bonds. The zero-order valence-electron chi connectivity index (χ0n) is 16.3. The van der Waals surface area contributed by atoms with Gasteiger partial charge in [0.15, 0.2) is 12.6 Å². The van der Waals surface area contributed by atoms with Gasteiger partial charge >= 0.3 is 6.18 Å². The van der Waals surface area contributed by atoms with Crippen LogP contribution in [-0.2, 0) is 15.8 Å². The zero-order chi connectivity index (χ0) is 20.7. The van der Waals surface area contributed by atoms with Gasteiger partial charge in [-0.05, 0) is 37.6 Å². The summed E-state index contributed by atoms with van der Waals surface area (Å²) in [6.45, 7) is 8.07. The van der Waals surface area contributed by atoms with E-state index in [4.69, 9.17) is 0 Å². The molecule has 1 fully saturated rings. The number of alkyl halides is 3. The first-order valence-electron chi connectivity index (χ1n) is 9.63. The summed E-state index contributed by atoms with van der Waals surface area (Å²) in [6.07, 6.45) is -3.49. The molecule has 9 heteroatoms. The molecule has 0 saturated carbocycles. The van der Waals surface area contributed by atoms with E-state index in [1.165, 1.54) is 17.0 Å². The molecule has 0 aromatic heterocycles. The molecule has 0 bridgehead atoms. The molecule has 1 heterocycles. The second-order valence-corrected chi connectivity index (χ2v) is 7.22. The summed E-state index contributed by atoms with van der Waals surface area (Å²) in [5, 5.41) is 5.56. The van der Waals surface area contributed by atoms with Gasteiger partial charge in [0.25, 0.3) is 11.8 Å². The summed E-state index contributed by atoms with van der Waals surface area (Å²) < 4.78 is 37.8. The van der Waals surface area contributed by atoms with Crippen molar-refractivity contribution in [1.82, 2.24) is 5.32 Å². The number of amides is 2. The van der Waals surface area contributed by atoms with Crippen LogP contribution in [-0.4, -0.2) is 57.1 Å². The van der Waals surface area contributed by atoms with Gasteiger partial charge in [0.1, 0.15) is 26.2 Å². The maximum atomic E-state index is 12.6. The lowest BCUT2D eigenvalue weighted by Gasteiger charge is -2.32. The van der Waals surface area contributed by atoms with Crippen molar-refractivity contribution in [3.8, 4) is 0 Å². The van der Waals surface area contributed by atoms with Crippen LogP contribution in [0.2, 0.25) is 0 Å². The molecule has 1 aliphatic heterocycles. The Hall–Kier alpha value is -2.13. The zero-order valence-corrected chi connectivity index (χ0v) is 16.3. The monoisotopic (exact) mass is 402 g/mol. The molecule has 1 atom stereocenters. The second kappa shape index (κ2) is 9.88. The Morgan fingerprint density at radius 3 is 2.25 bits per heavy atom. The number of piperazine rings is 1. The first kappa shape index (κ1) is 22.2. The lowest BCUT2D eigenvalue weighted by molar-refractivity contribution is -1.01. The number of anilines is 1. The van der Waals surface area contributed by atoms with Gasteiger partial charge in [-0.1, -0.05) is 6.92 Å². The summed E-state index contributed by atoms with van der Waals surface area (Å²) in [5.74, 6) is -0.174. The number of rotatable bonds is 7. The van der Waals surface area contributed by atoms with Gasteiger partial charge in [0, 0.05) is 12.2 Å². The summed E-state index contributed by atoms with van der Waals surface area (Å²) >= 11 is 0. The standard InChI is InChI=1S/C19H27F3N4O2/c1-3-8-23-17(27)13-25-9-11-26(12-10-25)14(2)18(28)24-16-6-4-15(5-7-16)19(20,21)22/h4-7,14H,3,8-13H2,1-2H3,(H,23,27)(H,24,28)/p+2/t14-/m0/s1. The van der Waals surface area contributed by atoms with Crippen LogP contribution in [0, 0.1) is 0 Å². The van der Waals surface area contributed by atoms with Crippen LogP contribution in [0.5, 0.6) is 0 Å². The lowest BCUT2D eigenvalue weighted by atomic mass is 10.1. The Morgan fingerprint density at radius 1 is 1.11 bits per heavy atom. The SMILES string of the molecule is CCCNC(=O)C[NH+]1CC[NH+]([C@@H](C)C(=O)Nc2ccc(C(F)(F)F)cc2)CC1. The molecule has 0 radical (unpaired) electrons. The minimum Gasteiger partial charge on any atom is -0.351 e. The summed E-state index contributed by atoms with van der Waals surface area (Å²) in [4.78, 5) is 26.6. The van der Waals surface area contributed by atoms with E-state index < -0.39 is 11.7 Å². The Balaban J connectivity index is 1.80. The lowest BCUT2D eigenvalue weighted by Crippen LogP contribution is -3.30. The number of quaternary nitrogens is 2. The minimum atomic E-state index is -4.39. The Kier molecular flexibility index (Phi) is 7.82. The quantitative estimate of drug-likeness (QED) is 0.490. The predicted molar refractivity (Wildman–Crippen MR) is 99.1 cm³/mol. The first-order chi connectivity index (χ1) is 13.2. The fourth-order valence-corrected chi connectivity index (χ4v) is 3.27. The van der Waals surface area contributed by atoms with Crippen LogP contribution in [0.3, 0.4) is 0 Å². The van der Waals surface area contributed by atoms with E-state index in [-0.39, 0.29) is 17.9 Å². The smallest absolute Gasteiger partial charge is 0.351 e. The Labute approximate surface area is 163 Å². The maximum absolute atomic E-state index is 12.6. The summed E-state index contributed by atoms with van der Waals surface area (Å²) in [7, 11) is 0. The third-order valence-corrected chi connectivity index (χ3v) is 5.07. The molecule has 2 rings (SSSR count). The van der Waals surface area contributed by atoms with E-state index >= 15 is 0 Å². The van der Waals surface area contributed by atoms with Crippen LogP contribution in [0.15, 0.2) is 24.3 Å². The topological polar surface area (TPSA) is 67.1 Å². The number of carbonyl (C=O) groups excluding carboxylic acids is 2. The molecule has 1 aliphatic rings. The third-order valence-electron chi connectivity index (χ3n) is 5.07. The average molecular weight is 402 g/mol. The number of hydrogen-bond acceptors (Lipinski definition) is 2. The molecule has 1 aromatic rings. The van der Waals surface area contributed by atoms with Gasteiger partial charge < -0.3 is 20.4 Å². The van der Waals surface area contributed by atoms with Crippen molar-refractivity contribution in [1.29, 1.82) is 0 Å². The molecule has 156 valence electrons. The number of hydrogen-bond donors (Lipinski definition) is 4. The van der Waals surface area contributed by atoms with E-state index in [0.29, 0.717) is 18.8 Å². The third kappa shape index (κ3) is 6.49. The van der Waals surface area contributed by atoms with Gasteiger partial charge in [0.2, 0.25) is 0 Å². The molecule has 1 aromatic carbocycles. The highest BCUT2D eigenvalue weighted by Gasteiger charge is 2.32. The van der Waals surface area contributed by atoms with Crippen molar-refractivity contribution in [2.45, 2.75) is 32.5 Å². The van der Waals surface area contributed by atoms with Crippen molar-refractivity contribution in [2.24, 2.45) is 0 Å². The fraction of sp³-hybridized carbons (Fsp3) is 0.579. The first-order valence-corrected chi connectivity index (χ1v) is 9.63. The highest BCUT2D eigenvalue weighted by molar-refractivity contribution is 5.93. The second-order valence-electron chi connectivity index (χ2n) is 7.22. The van der Waals surface area contributed by atoms with E-state index in [1.54, 1.807) is 0 Å². The van der Waals surface area contributed by atoms with Crippen LogP contribution in [0.4, 0.5) is 18.9 Å². The molecular formula is C19H29F3N4O2+2. The molecule has 4 N–H and O–H groups in total. The number of carbonyl (C=O) groups is 2. The van der Waals surface area contributed by atoms with E-state index in [1.807, 2.05) is 13.8 Å². The maximum Gasteiger partial charge on any atom is 0.416 e.